The minimum absolute atomic E-state index is 0.0873. The molecule has 1 heterocycles. The van der Waals surface area contributed by atoms with Crippen molar-refractivity contribution in [2.45, 2.75) is 32.4 Å². The molecule has 0 aromatic carbocycles. The van der Waals surface area contributed by atoms with Gasteiger partial charge >= 0.3 is 0 Å². The maximum Gasteiger partial charge on any atom is 0.111 e. The summed E-state index contributed by atoms with van der Waals surface area (Å²) in [6.45, 7) is 3.25. The second-order valence-electron chi connectivity index (χ2n) is 3.96. The lowest BCUT2D eigenvalue weighted by atomic mass is 10.2. The SMILES string of the molecule is COCCc1c(CO)nnn1C(C)CCOC. The quantitative estimate of drug-likeness (QED) is 0.722. The average Bonchev–Trinajstić information content (AvgIpc) is 2.76. The van der Waals surface area contributed by atoms with E-state index >= 15 is 0 Å². The molecule has 1 aromatic heterocycles. The first-order valence-corrected chi connectivity index (χ1v) is 5.76. The monoisotopic (exact) mass is 243 g/mol. The van der Waals surface area contributed by atoms with Crippen molar-refractivity contribution in [1.29, 1.82) is 0 Å². The van der Waals surface area contributed by atoms with Crippen LogP contribution in [0.3, 0.4) is 0 Å². The van der Waals surface area contributed by atoms with Crippen LogP contribution in [-0.4, -0.2) is 47.5 Å². The van der Waals surface area contributed by atoms with Crippen molar-refractivity contribution in [1.82, 2.24) is 15.0 Å². The van der Waals surface area contributed by atoms with Gasteiger partial charge in [0.15, 0.2) is 0 Å². The fourth-order valence-electron chi connectivity index (χ4n) is 1.69. The van der Waals surface area contributed by atoms with Crippen LogP contribution in [0.25, 0.3) is 0 Å². The van der Waals surface area contributed by atoms with Crippen LogP contribution in [-0.2, 0) is 22.5 Å². The van der Waals surface area contributed by atoms with Gasteiger partial charge in [0.05, 0.1) is 24.9 Å². The zero-order valence-corrected chi connectivity index (χ0v) is 10.7. The Morgan fingerprint density at radius 1 is 1.29 bits per heavy atom. The van der Waals surface area contributed by atoms with Gasteiger partial charge in [-0.25, -0.2) is 4.68 Å². The summed E-state index contributed by atoms with van der Waals surface area (Å²) in [4.78, 5) is 0. The molecule has 6 nitrogen and oxygen atoms in total. The molecule has 1 rings (SSSR count). The number of nitrogens with zero attached hydrogens (tertiary/aromatic N) is 3. The average molecular weight is 243 g/mol. The van der Waals surface area contributed by atoms with Crippen molar-refractivity contribution in [2.75, 3.05) is 27.4 Å². The standard InChI is InChI=1S/C11H21N3O3/c1-9(4-6-16-2)14-11(5-7-17-3)10(8-15)12-13-14/h9,15H,4-8H2,1-3H3. The number of hydrogen-bond donors (Lipinski definition) is 1. The third kappa shape index (κ3) is 3.76. The lowest BCUT2D eigenvalue weighted by molar-refractivity contribution is 0.175. The maximum absolute atomic E-state index is 9.21. The van der Waals surface area contributed by atoms with Crippen molar-refractivity contribution in [3.05, 3.63) is 11.4 Å². The van der Waals surface area contributed by atoms with Gasteiger partial charge in [-0.3, -0.25) is 0 Å². The fraction of sp³-hybridized carbons (Fsp3) is 0.818. The van der Waals surface area contributed by atoms with Gasteiger partial charge in [-0.05, 0) is 13.3 Å². The van der Waals surface area contributed by atoms with E-state index in [-0.39, 0.29) is 12.6 Å². The first-order valence-electron chi connectivity index (χ1n) is 5.76. The molecule has 1 unspecified atom stereocenters. The molecule has 1 aromatic rings. The molecule has 17 heavy (non-hydrogen) atoms. The van der Waals surface area contributed by atoms with Crippen LogP contribution in [0.15, 0.2) is 0 Å². The molecule has 0 fully saturated rings. The number of aromatic nitrogens is 3. The van der Waals surface area contributed by atoms with Crippen LogP contribution in [0.4, 0.5) is 0 Å². The number of ether oxygens (including phenoxy) is 2. The summed E-state index contributed by atoms with van der Waals surface area (Å²) in [5.74, 6) is 0. The summed E-state index contributed by atoms with van der Waals surface area (Å²) in [7, 11) is 3.33. The molecule has 0 bridgehead atoms. The van der Waals surface area contributed by atoms with Gasteiger partial charge in [-0.2, -0.15) is 0 Å². The number of rotatable bonds is 8. The highest BCUT2D eigenvalue weighted by Crippen LogP contribution is 2.16. The van der Waals surface area contributed by atoms with Gasteiger partial charge in [0, 0.05) is 27.2 Å². The van der Waals surface area contributed by atoms with Crippen LogP contribution < -0.4 is 0 Å². The summed E-state index contributed by atoms with van der Waals surface area (Å²) in [5.41, 5.74) is 1.57. The normalized spacial score (nSPS) is 12.9. The molecular formula is C11H21N3O3. The van der Waals surface area contributed by atoms with E-state index in [0.29, 0.717) is 25.3 Å². The van der Waals surface area contributed by atoms with E-state index in [1.807, 2.05) is 4.68 Å². The third-order valence-corrected chi connectivity index (χ3v) is 2.72. The molecule has 0 saturated heterocycles. The lowest BCUT2D eigenvalue weighted by Crippen LogP contribution is -2.14. The van der Waals surface area contributed by atoms with Crippen LogP contribution in [0, 0.1) is 0 Å². The predicted octanol–water partition coefficient (Wildman–Crippen LogP) is 0.557. The Morgan fingerprint density at radius 2 is 2.00 bits per heavy atom. The summed E-state index contributed by atoms with van der Waals surface area (Å²) in [6, 6.07) is 0.203. The van der Waals surface area contributed by atoms with Crippen LogP contribution in [0.1, 0.15) is 30.8 Å². The first kappa shape index (κ1) is 14.1. The Bertz CT molecular complexity index is 328. The minimum Gasteiger partial charge on any atom is -0.390 e. The fourth-order valence-corrected chi connectivity index (χ4v) is 1.69. The summed E-state index contributed by atoms with van der Waals surface area (Å²) in [6.07, 6.45) is 1.57. The van der Waals surface area contributed by atoms with Crippen molar-refractivity contribution in [3.8, 4) is 0 Å². The highest BCUT2D eigenvalue weighted by molar-refractivity contribution is 5.10. The topological polar surface area (TPSA) is 69.4 Å². The van der Waals surface area contributed by atoms with Gasteiger partial charge in [0.25, 0.3) is 0 Å². The Labute approximate surface area is 102 Å². The molecule has 0 amide bonds. The molecule has 1 N–H and O–H groups in total. The van der Waals surface area contributed by atoms with Gasteiger partial charge in [-0.1, -0.05) is 5.21 Å². The predicted molar refractivity (Wildman–Crippen MR) is 62.7 cm³/mol. The number of aliphatic hydroxyl groups is 1. The summed E-state index contributed by atoms with van der Waals surface area (Å²) < 4.78 is 12.0. The van der Waals surface area contributed by atoms with E-state index in [1.165, 1.54) is 0 Å². The van der Waals surface area contributed by atoms with Gasteiger partial charge < -0.3 is 14.6 Å². The van der Waals surface area contributed by atoms with E-state index in [1.54, 1.807) is 14.2 Å². The Kier molecular flexibility index (Phi) is 6.10. The summed E-state index contributed by atoms with van der Waals surface area (Å²) in [5, 5.41) is 17.3. The van der Waals surface area contributed by atoms with Crippen LogP contribution in [0.2, 0.25) is 0 Å². The van der Waals surface area contributed by atoms with Gasteiger partial charge in [-0.15, -0.1) is 5.10 Å². The summed E-state index contributed by atoms with van der Waals surface area (Å²) >= 11 is 0. The van der Waals surface area contributed by atoms with Gasteiger partial charge in [0.2, 0.25) is 0 Å². The Morgan fingerprint density at radius 3 is 2.59 bits per heavy atom. The first-order chi connectivity index (χ1) is 8.24. The number of aliphatic hydroxyl groups excluding tert-OH is 1. The van der Waals surface area contributed by atoms with E-state index in [9.17, 15) is 5.11 Å². The van der Waals surface area contributed by atoms with Crippen molar-refractivity contribution in [2.24, 2.45) is 0 Å². The van der Waals surface area contributed by atoms with Crippen LogP contribution in [0.5, 0.6) is 0 Å². The van der Waals surface area contributed by atoms with E-state index in [0.717, 1.165) is 12.1 Å². The van der Waals surface area contributed by atoms with Crippen molar-refractivity contribution in [3.63, 3.8) is 0 Å². The molecule has 0 aliphatic carbocycles. The maximum atomic E-state index is 9.21. The van der Waals surface area contributed by atoms with Crippen molar-refractivity contribution >= 4 is 0 Å². The molecule has 98 valence electrons. The second kappa shape index (κ2) is 7.37. The van der Waals surface area contributed by atoms with Crippen LogP contribution >= 0.6 is 0 Å². The Hall–Kier alpha value is -0.980. The molecule has 0 aliphatic rings. The third-order valence-electron chi connectivity index (χ3n) is 2.72. The van der Waals surface area contributed by atoms with Crippen molar-refractivity contribution < 1.29 is 14.6 Å². The lowest BCUT2D eigenvalue weighted by Gasteiger charge is -2.14. The Balaban J connectivity index is 2.78. The zero-order chi connectivity index (χ0) is 12.7. The second-order valence-corrected chi connectivity index (χ2v) is 3.96. The zero-order valence-electron chi connectivity index (χ0n) is 10.7. The molecule has 6 heteroatoms. The molecule has 0 spiro atoms. The molecule has 0 radical (unpaired) electrons. The number of hydrogen-bond acceptors (Lipinski definition) is 5. The highest BCUT2D eigenvalue weighted by Gasteiger charge is 2.16. The van der Waals surface area contributed by atoms with E-state index < -0.39 is 0 Å². The smallest absolute Gasteiger partial charge is 0.111 e. The minimum atomic E-state index is -0.0873. The largest absolute Gasteiger partial charge is 0.390 e. The van der Waals surface area contributed by atoms with Gasteiger partial charge in [0.1, 0.15) is 5.69 Å². The molecular weight excluding hydrogens is 222 g/mol. The highest BCUT2D eigenvalue weighted by atomic mass is 16.5. The number of methoxy groups -OCH3 is 2. The molecule has 0 aliphatic heterocycles. The van der Waals surface area contributed by atoms with E-state index in [4.69, 9.17) is 9.47 Å². The molecule has 1 atom stereocenters. The molecule has 0 saturated carbocycles. The van der Waals surface area contributed by atoms with E-state index in [2.05, 4.69) is 17.2 Å².